The largest absolute Gasteiger partial charge is 0.478 e. The number of rotatable bonds is 4. The van der Waals surface area contributed by atoms with Gasteiger partial charge >= 0.3 is 11.9 Å². The van der Waals surface area contributed by atoms with Crippen LogP contribution in [0.2, 0.25) is 0 Å². The predicted molar refractivity (Wildman–Crippen MR) is 80.7 cm³/mol. The van der Waals surface area contributed by atoms with Gasteiger partial charge in [-0.2, -0.15) is 0 Å². The fourth-order valence-electron chi connectivity index (χ4n) is 1.49. The molecule has 2 aromatic carbocycles. The van der Waals surface area contributed by atoms with E-state index in [0.29, 0.717) is 12.2 Å². The molecule has 0 amide bonds. The summed E-state index contributed by atoms with van der Waals surface area (Å²) in [4.78, 5) is 31.0. The van der Waals surface area contributed by atoms with Gasteiger partial charge in [-0.05, 0) is 0 Å². The number of benzene rings is 2. The SMILES string of the molecule is O=C(O)/C=C/C(=O)O.O=C(c1ccccc1)c1ccccc1. The fraction of sp³-hybridized carbons (Fsp3) is 0. The van der Waals surface area contributed by atoms with Crippen LogP contribution in [0.3, 0.4) is 0 Å². The highest BCUT2D eigenvalue weighted by atomic mass is 16.4. The molecule has 0 spiro atoms. The highest BCUT2D eigenvalue weighted by Crippen LogP contribution is 2.08. The first-order valence-corrected chi connectivity index (χ1v) is 6.29. The summed E-state index contributed by atoms with van der Waals surface area (Å²) in [6.45, 7) is 0. The molecule has 0 bridgehead atoms. The van der Waals surface area contributed by atoms with Crippen molar-refractivity contribution >= 4 is 17.7 Å². The minimum atomic E-state index is -1.26. The summed E-state index contributed by atoms with van der Waals surface area (Å²) in [6.07, 6.45) is 1.12. The third-order valence-corrected chi connectivity index (χ3v) is 2.44. The van der Waals surface area contributed by atoms with Crippen molar-refractivity contribution in [2.24, 2.45) is 0 Å². The fourth-order valence-corrected chi connectivity index (χ4v) is 1.49. The van der Waals surface area contributed by atoms with Crippen LogP contribution >= 0.6 is 0 Å². The Bertz CT molecular complexity index is 602. The molecule has 0 heterocycles. The third-order valence-electron chi connectivity index (χ3n) is 2.44. The number of carboxylic acids is 2. The zero-order chi connectivity index (χ0) is 16.4. The maximum absolute atomic E-state index is 11.8. The van der Waals surface area contributed by atoms with Gasteiger partial charge in [-0.3, -0.25) is 4.79 Å². The van der Waals surface area contributed by atoms with Crippen molar-refractivity contribution in [2.45, 2.75) is 0 Å². The van der Waals surface area contributed by atoms with Gasteiger partial charge in [-0.25, -0.2) is 9.59 Å². The lowest BCUT2D eigenvalue weighted by atomic mass is 10.0. The Morgan fingerprint density at radius 2 is 0.955 bits per heavy atom. The quantitative estimate of drug-likeness (QED) is 0.668. The van der Waals surface area contributed by atoms with Crippen molar-refractivity contribution in [1.82, 2.24) is 0 Å². The Kier molecular flexibility index (Phi) is 6.78. The lowest BCUT2D eigenvalue weighted by molar-refractivity contribution is -0.134. The van der Waals surface area contributed by atoms with E-state index in [1.165, 1.54) is 0 Å². The Morgan fingerprint density at radius 3 is 1.23 bits per heavy atom. The molecule has 5 nitrogen and oxygen atoms in total. The van der Waals surface area contributed by atoms with Gasteiger partial charge in [0.25, 0.3) is 0 Å². The van der Waals surface area contributed by atoms with Crippen molar-refractivity contribution in [3.05, 3.63) is 83.9 Å². The Balaban J connectivity index is 0.000000261. The molecule has 22 heavy (non-hydrogen) atoms. The summed E-state index contributed by atoms with van der Waals surface area (Å²) in [6, 6.07) is 18.6. The summed E-state index contributed by atoms with van der Waals surface area (Å²) >= 11 is 0. The molecule has 0 unspecified atom stereocenters. The number of hydrogen-bond donors (Lipinski definition) is 2. The molecule has 0 saturated heterocycles. The van der Waals surface area contributed by atoms with Crippen molar-refractivity contribution in [3.8, 4) is 0 Å². The van der Waals surface area contributed by atoms with Crippen LogP contribution in [0, 0.1) is 0 Å². The Hall–Kier alpha value is -3.21. The van der Waals surface area contributed by atoms with Crippen LogP contribution < -0.4 is 0 Å². The first-order valence-electron chi connectivity index (χ1n) is 6.29. The zero-order valence-corrected chi connectivity index (χ0v) is 11.5. The average molecular weight is 298 g/mol. The van der Waals surface area contributed by atoms with Crippen LogP contribution in [0.4, 0.5) is 0 Å². The summed E-state index contributed by atoms with van der Waals surface area (Å²) in [5.74, 6) is -2.44. The molecule has 112 valence electrons. The second kappa shape index (κ2) is 8.86. The summed E-state index contributed by atoms with van der Waals surface area (Å²) < 4.78 is 0. The molecular weight excluding hydrogens is 284 g/mol. The number of ketones is 1. The molecule has 0 radical (unpaired) electrons. The second-order valence-electron chi connectivity index (χ2n) is 4.07. The zero-order valence-electron chi connectivity index (χ0n) is 11.5. The van der Waals surface area contributed by atoms with Crippen LogP contribution in [0.5, 0.6) is 0 Å². The maximum atomic E-state index is 11.8. The number of carbonyl (C=O) groups excluding carboxylic acids is 1. The van der Waals surface area contributed by atoms with E-state index in [4.69, 9.17) is 10.2 Å². The Morgan fingerprint density at radius 1 is 0.636 bits per heavy atom. The summed E-state index contributed by atoms with van der Waals surface area (Å²) in [7, 11) is 0. The van der Waals surface area contributed by atoms with Gasteiger partial charge < -0.3 is 10.2 Å². The highest BCUT2D eigenvalue weighted by molar-refractivity contribution is 6.08. The standard InChI is InChI=1S/C13H10O.C4H4O4/c14-13(11-7-3-1-4-8-11)12-9-5-2-6-10-12;5-3(6)1-2-4(7)8/h1-10H;1-2H,(H,5,6)(H,7,8)/b;2-1+. The molecule has 0 aliphatic heterocycles. The normalized spacial score (nSPS) is 9.64. The number of aliphatic carboxylic acids is 2. The van der Waals surface area contributed by atoms with Crippen LogP contribution in [0.15, 0.2) is 72.8 Å². The minimum absolute atomic E-state index is 0.0752. The lowest BCUT2D eigenvalue weighted by Gasteiger charge is -1.99. The highest BCUT2D eigenvalue weighted by Gasteiger charge is 2.06. The van der Waals surface area contributed by atoms with E-state index in [-0.39, 0.29) is 5.78 Å². The van der Waals surface area contributed by atoms with Crippen molar-refractivity contribution < 1.29 is 24.6 Å². The van der Waals surface area contributed by atoms with E-state index in [1.54, 1.807) is 0 Å². The van der Waals surface area contributed by atoms with Gasteiger partial charge in [-0.1, -0.05) is 60.7 Å². The predicted octanol–water partition coefficient (Wildman–Crippen LogP) is 2.63. The van der Waals surface area contributed by atoms with Crippen molar-refractivity contribution in [3.63, 3.8) is 0 Å². The minimum Gasteiger partial charge on any atom is -0.478 e. The molecule has 0 atom stereocenters. The van der Waals surface area contributed by atoms with Gasteiger partial charge in [0.05, 0.1) is 0 Å². The first kappa shape index (κ1) is 16.8. The van der Waals surface area contributed by atoms with Gasteiger partial charge in [0, 0.05) is 23.3 Å². The molecule has 0 aliphatic rings. The molecule has 5 heteroatoms. The van der Waals surface area contributed by atoms with E-state index in [2.05, 4.69) is 0 Å². The first-order chi connectivity index (χ1) is 10.5. The molecule has 0 aliphatic carbocycles. The van der Waals surface area contributed by atoms with E-state index in [9.17, 15) is 14.4 Å². The molecule has 2 aromatic rings. The summed E-state index contributed by atoms with van der Waals surface area (Å²) in [5.41, 5.74) is 1.47. The maximum Gasteiger partial charge on any atom is 0.328 e. The van der Waals surface area contributed by atoms with E-state index < -0.39 is 11.9 Å². The third kappa shape index (κ3) is 6.29. The van der Waals surface area contributed by atoms with Gasteiger partial charge in [0.2, 0.25) is 0 Å². The molecule has 2 rings (SSSR count). The van der Waals surface area contributed by atoms with Gasteiger partial charge in [0.15, 0.2) is 5.78 Å². The number of carboxylic acid groups (broad SMARTS) is 2. The molecule has 2 N–H and O–H groups in total. The van der Waals surface area contributed by atoms with Crippen molar-refractivity contribution in [1.29, 1.82) is 0 Å². The molecule has 0 aromatic heterocycles. The molecule has 0 saturated carbocycles. The lowest BCUT2D eigenvalue weighted by Crippen LogP contribution is -1.99. The second-order valence-corrected chi connectivity index (χ2v) is 4.07. The number of hydrogen-bond acceptors (Lipinski definition) is 3. The van der Waals surface area contributed by atoms with Crippen molar-refractivity contribution in [2.75, 3.05) is 0 Å². The van der Waals surface area contributed by atoms with Crippen LogP contribution in [-0.4, -0.2) is 27.9 Å². The molecular formula is C17H14O5. The van der Waals surface area contributed by atoms with E-state index >= 15 is 0 Å². The Labute approximate surface area is 127 Å². The van der Waals surface area contributed by atoms with Gasteiger partial charge in [0.1, 0.15) is 0 Å². The smallest absolute Gasteiger partial charge is 0.328 e. The number of carbonyl (C=O) groups is 3. The van der Waals surface area contributed by atoms with Crippen LogP contribution in [0.25, 0.3) is 0 Å². The topological polar surface area (TPSA) is 91.7 Å². The van der Waals surface area contributed by atoms with Gasteiger partial charge in [-0.15, -0.1) is 0 Å². The monoisotopic (exact) mass is 298 g/mol. The van der Waals surface area contributed by atoms with Crippen LogP contribution in [-0.2, 0) is 9.59 Å². The van der Waals surface area contributed by atoms with E-state index in [0.717, 1.165) is 11.1 Å². The average Bonchev–Trinajstić information content (AvgIpc) is 2.54. The van der Waals surface area contributed by atoms with Crippen LogP contribution in [0.1, 0.15) is 15.9 Å². The summed E-state index contributed by atoms with van der Waals surface area (Å²) in [5, 5.41) is 15.6. The van der Waals surface area contributed by atoms with E-state index in [1.807, 2.05) is 60.7 Å². The molecule has 0 fully saturated rings.